The Labute approximate surface area is 161 Å². The van der Waals surface area contributed by atoms with Crippen LogP contribution in [0.2, 0.25) is 0 Å². The number of carbonyl (C=O) groups excluding carboxylic acids is 2. The van der Waals surface area contributed by atoms with Crippen LogP contribution in [0.25, 0.3) is 0 Å². The van der Waals surface area contributed by atoms with Crippen molar-refractivity contribution in [1.29, 1.82) is 0 Å². The Bertz CT molecular complexity index is 657. The third kappa shape index (κ3) is 4.84. The summed E-state index contributed by atoms with van der Waals surface area (Å²) >= 11 is 0. The summed E-state index contributed by atoms with van der Waals surface area (Å²) in [4.78, 5) is 25.1. The summed E-state index contributed by atoms with van der Waals surface area (Å²) < 4.78 is 10.6. The molecule has 0 saturated heterocycles. The highest BCUT2D eigenvalue weighted by molar-refractivity contribution is 5.91. The Balaban J connectivity index is 2.13. The molecular formula is C20H31N3O4. The van der Waals surface area contributed by atoms with Crippen LogP contribution in [0.5, 0.6) is 11.5 Å². The van der Waals surface area contributed by atoms with Crippen LogP contribution >= 0.6 is 0 Å². The van der Waals surface area contributed by atoms with Crippen LogP contribution in [0.15, 0.2) is 18.2 Å². The lowest BCUT2D eigenvalue weighted by Gasteiger charge is -2.36. The van der Waals surface area contributed by atoms with Crippen molar-refractivity contribution < 1.29 is 19.1 Å². The number of urea groups is 1. The zero-order valence-electron chi connectivity index (χ0n) is 16.7. The number of carbonyl (C=O) groups is 2. The fourth-order valence-electron chi connectivity index (χ4n) is 3.71. The van der Waals surface area contributed by atoms with E-state index < -0.39 is 5.54 Å². The van der Waals surface area contributed by atoms with Gasteiger partial charge in [0.2, 0.25) is 5.91 Å². The largest absolute Gasteiger partial charge is 0.493 e. The number of ether oxygens (including phenoxy) is 2. The van der Waals surface area contributed by atoms with Gasteiger partial charge in [-0.1, -0.05) is 32.3 Å². The van der Waals surface area contributed by atoms with Crippen LogP contribution in [-0.2, 0) is 4.79 Å². The molecule has 2 rings (SSSR count). The monoisotopic (exact) mass is 377 g/mol. The van der Waals surface area contributed by atoms with Gasteiger partial charge in [-0.05, 0) is 37.0 Å². The highest BCUT2D eigenvalue weighted by Crippen LogP contribution is 2.31. The molecule has 27 heavy (non-hydrogen) atoms. The molecule has 1 fully saturated rings. The Morgan fingerprint density at radius 3 is 2.33 bits per heavy atom. The maximum absolute atomic E-state index is 12.7. The van der Waals surface area contributed by atoms with E-state index in [0.717, 1.165) is 24.8 Å². The van der Waals surface area contributed by atoms with Gasteiger partial charge < -0.3 is 25.4 Å². The number of nitrogens with one attached hydrogen (secondary N) is 3. The van der Waals surface area contributed by atoms with Crippen molar-refractivity contribution in [2.75, 3.05) is 21.3 Å². The quantitative estimate of drug-likeness (QED) is 0.682. The second-order valence-corrected chi connectivity index (χ2v) is 6.90. The van der Waals surface area contributed by atoms with Crippen molar-refractivity contribution >= 4 is 11.9 Å². The SMILES string of the molecule is CC[C@H](NC(=O)NC1(C(=O)NC)CCCCC1)c1ccc(OC)c(OC)c1. The van der Waals surface area contributed by atoms with Crippen LogP contribution in [-0.4, -0.2) is 38.7 Å². The molecule has 3 amide bonds. The first-order valence-electron chi connectivity index (χ1n) is 9.52. The summed E-state index contributed by atoms with van der Waals surface area (Å²) in [5.41, 5.74) is 0.0930. The Morgan fingerprint density at radius 2 is 1.78 bits per heavy atom. The topological polar surface area (TPSA) is 88.7 Å². The molecule has 1 aromatic rings. The molecule has 0 heterocycles. The summed E-state index contributed by atoms with van der Waals surface area (Å²) in [5, 5.41) is 8.64. The highest BCUT2D eigenvalue weighted by Gasteiger charge is 2.40. The van der Waals surface area contributed by atoms with E-state index in [1.807, 2.05) is 25.1 Å². The molecular weight excluding hydrogens is 346 g/mol. The summed E-state index contributed by atoms with van der Waals surface area (Å²) in [7, 11) is 4.78. The Morgan fingerprint density at radius 1 is 1.11 bits per heavy atom. The fraction of sp³-hybridized carbons (Fsp3) is 0.600. The number of hydrogen-bond donors (Lipinski definition) is 3. The molecule has 0 unspecified atom stereocenters. The molecule has 0 spiro atoms. The Hall–Kier alpha value is -2.44. The Kier molecular flexibility index (Phi) is 7.33. The van der Waals surface area contributed by atoms with Gasteiger partial charge in [0.1, 0.15) is 5.54 Å². The van der Waals surface area contributed by atoms with Crippen LogP contribution in [0.1, 0.15) is 57.1 Å². The lowest BCUT2D eigenvalue weighted by Crippen LogP contribution is -2.61. The van der Waals surface area contributed by atoms with E-state index in [0.29, 0.717) is 30.8 Å². The molecule has 1 atom stereocenters. The van der Waals surface area contributed by atoms with Crippen molar-refractivity contribution in [2.45, 2.75) is 57.0 Å². The standard InChI is InChI=1S/C20H31N3O4/c1-5-15(14-9-10-16(26-3)17(13-14)27-4)22-19(25)23-20(18(24)21-2)11-7-6-8-12-20/h9-10,13,15H,5-8,11-12H2,1-4H3,(H,21,24)(H2,22,23,25)/t15-/m0/s1. The molecule has 3 N–H and O–H groups in total. The summed E-state index contributed by atoms with van der Waals surface area (Å²) in [6.45, 7) is 2.00. The second-order valence-electron chi connectivity index (χ2n) is 6.90. The minimum absolute atomic E-state index is 0.128. The number of benzene rings is 1. The third-order valence-electron chi connectivity index (χ3n) is 5.25. The summed E-state index contributed by atoms with van der Waals surface area (Å²) in [5.74, 6) is 1.13. The van der Waals surface area contributed by atoms with E-state index in [2.05, 4.69) is 16.0 Å². The van der Waals surface area contributed by atoms with Gasteiger partial charge in [-0.2, -0.15) is 0 Å². The minimum atomic E-state index is -0.826. The van der Waals surface area contributed by atoms with E-state index in [4.69, 9.17) is 9.47 Å². The first-order valence-corrected chi connectivity index (χ1v) is 9.52. The predicted molar refractivity (Wildman–Crippen MR) is 104 cm³/mol. The molecule has 1 aromatic carbocycles. The van der Waals surface area contributed by atoms with Crippen molar-refractivity contribution in [3.63, 3.8) is 0 Å². The zero-order chi connectivity index (χ0) is 19.9. The van der Waals surface area contributed by atoms with Gasteiger partial charge in [-0.25, -0.2) is 4.79 Å². The van der Waals surface area contributed by atoms with Gasteiger partial charge in [0.25, 0.3) is 0 Å². The molecule has 150 valence electrons. The molecule has 7 nitrogen and oxygen atoms in total. The van der Waals surface area contributed by atoms with Crippen molar-refractivity contribution in [1.82, 2.24) is 16.0 Å². The third-order valence-corrected chi connectivity index (χ3v) is 5.25. The lowest BCUT2D eigenvalue weighted by molar-refractivity contribution is -0.128. The molecule has 0 radical (unpaired) electrons. The summed E-state index contributed by atoms with van der Waals surface area (Å²) in [6, 6.07) is 5.06. The molecule has 0 aliphatic heterocycles. The molecule has 7 heteroatoms. The number of methoxy groups -OCH3 is 2. The van der Waals surface area contributed by atoms with Crippen molar-refractivity contribution in [3.8, 4) is 11.5 Å². The van der Waals surface area contributed by atoms with Crippen LogP contribution < -0.4 is 25.4 Å². The first kappa shape index (κ1) is 20.9. The average Bonchev–Trinajstić information content (AvgIpc) is 2.71. The maximum Gasteiger partial charge on any atom is 0.316 e. The van der Waals surface area contributed by atoms with E-state index in [9.17, 15) is 9.59 Å². The average molecular weight is 377 g/mol. The summed E-state index contributed by atoms with van der Waals surface area (Å²) in [6.07, 6.45) is 4.98. The normalized spacial score (nSPS) is 16.7. The predicted octanol–water partition coefficient (Wildman–Crippen LogP) is 2.90. The van der Waals surface area contributed by atoms with Crippen LogP contribution in [0, 0.1) is 0 Å². The number of rotatable bonds is 7. The minimum Gasteiger partial charge on any atom is -0.493 e. The number of likely N-dealkylation sites (N-methyl/N-ethyl adjacent to an activating group) is 1. The van der Waals surface area contributed by atoms with E-state index in [1.165, 1.54) is 0 Å². The molecule has 0 aromatic heterocycles. The second kappa shape index (κ2) is 9.48. The van der Waals surface area contributed by atoms with E-state index in [-0.39, 0.29) is 18.0 Å². The van der Waals surface area contributed by atoms with Gasteiger partial charge in [-0.15, -0.1) is 0 Å². The van der Waals surface area contributed by atoms with Gasteiger partial charge in [0.15, 0.2) is 11.5 Å². The van der Waals surface area contributed by atoms with Gasteiger partial charge in [0, 0.05) is 7.05 Å². The molecule has 1 aliphatic carbocycles. The smallest absolute Gasteiger partial charge is 0.316 e. The van der Waals surface area contributed by atoms with Gasteiger partial charge in [-0.3, -0.25) is 4.79 Å². The van der Waals surface area contributed by atoms with E-state index in [1.54, 1.807) is 21.3 Å². The van der Waals surface area contributed by atoms with Crippen LogP contribution in [0.3, 0.4) is 0 Å². The highest BCUT2D eigenvalue weighted by atomic mass is 16.5. The molecule has 1 aliphatic rings. The maximum atomic E-state index is 12.7. The first-order chi connectivity index (χ1) is 13.0. The van der Waals surface area contributed by atoms with E-state index >= 15 is 0 Å². The fourth-order valence-corrected chi connectivity index (χ4v) is 3.71. The number of amides is 3. The van der Waals surface area contributed by atoms with Crippen molar-refractivity contribution in [3.05, 3.63) is 23.8 Å². The van der Waals surface area contributed by atoms with Gasteiger partial charge in [0.05, 0.1) is 20.3 Å². The number of hydrogen-bond acceptors (Lipinski definition) is 4. The zero-order valence-corrected chi connectivity index (χ0v) is 16.7. The van der Waals surface area contributed by atoms with Crippen molar-refractivity contribution in [2.24, 2.45) is 0 Å². The van der Waals surface area contributed by atoms with Gasteiger partial charge >= 0.3 is 6.03 Å². The molecule has 0 bridgehead atoms. The molecule has 1 saturated carbocycles. The lowest BCUT2D eigenvalue weighted by atomic mass is 9.81. The van der Waals surface area contributed by atoms with Crippen LogP contribution in [0.4, 0.5) is 4.79 Å².